The lowest BCUT2D eigenvalue weighted by molar-refractivity contribution is -0.140. The van der Waals surface area contributed by atoms with Gasteiger partial charge in [0.2, 0.25) is 11.8 Å². The Hall–Kier alpha value is -6.71. The molecule has 7 rings (SSSR count). The number of nitrogens with one attached hydrogen (secondary N) is 1. The lowest BCUT2D eigenvalue weighted by atomic mass is 9.77. The van der Waals surface area contributed by atoms with Crippen LogP contribution in [0.15, 0.2) is 91.0 Å². The molecule has 2 fully saturated rings. The molecule has 15 heteroatoms. The van der Waals surface area contributed by atoms with Crippen molar-refractivity contribution in [2.24, 2.45) is 11.8 Å². The van der Waals surface area contributed by atoms with Gasteiger partial charge in [0, 0.05) is 105 Å². The number of fused-ring (bicyclic) bond motifs is 1. The van der Waals surface area contributed by atoms with Crippen molar-refractivity contribution in [3.63, 3.8) is 0 Å². The molecular formula is C53H63N5O10. The summed E-state index contributed by atoms with van der Waals surface area (Å²) in [6.45, 7) is 16.5. The van der Waals surface area contributed by atoms with Gasteiger partial charge in [0.15, 0.2) is 12.1 Å². The van der Waals surface area contributed by atoms with E-state index >= 15 is 0 Å². The van der Waals surface area contributed by atoms with Gasteiger partial charge in [-0.1, -0.05) is 82.3 Å². The van der Waals surface area contributed by atoms with Crippen LogP contribution in [0.4, 0.5) is 5.69 Å². The molecule has 2 atom stereocenters. The van der Waals surface area contributed by atoms with Gasteiger partial charge in [-0.15, -0.1) is 0 Å². The summed E-state index contributed by atoms with van der Waals surface area (Å²) in [6.07, 6.45) is 0.257. The van der Waals surface area contributed by atoms with Crippen molar-refractivity contribution in [1.82, 2.24) is 19.6 Å². The van der Waals surface area contributed by atoms with E-state index in [1.54, 1.807) is 69.3 Å². The number of carbonyl (C=O) groups is 7. The fraction of sp³-hybridized carbons (Fsp3) is 0.415. The van der Waals surface area contributed by atoms with Gasteiger partial charge in [0.25, 0.3) is 11.8 Å². The lowest BCUT2D eigenvalue weighted by Gasteiger charge is -2.36. The zero-order chi connectivity index (χ0) is 49.1. The van der Waals surface area contributed by atoms with Crippen LogP contribution in [-0.4, -0.2) is 134 Å². The van der Waals surface area contributed by atoms with Crippen LogP contribution in [0.5, 0.6) is 0 Å². The molecule has 0 bridgehead atoms. The molecule has 0 aliphatic carbocycles. The number of Topliss-reactive ketones (excluding diaryl/α,β-unsaturated/α-hetero) is 1. The molecule has 1 N–H and O–H groups in total. The van der Waals surface area contributed by atoms with Gasteiger partial charge in [-0.05, 0) is 61.4 Å². The second-order valence-electron chi connectivity index (χ2n) is 17.5. The number of carbonyl (C=O) groups excluding carboxylic acids is 7. The average molecular weight is 930 g/mol. The second-order valence-corrected chi connectivity index (χ2v) is 17.5. The maximum Gasteiger partial charge on any atom is 0.338 e. The number of benzene rings is 4. The zero-order valence-electron chi connectivity index (χ0n) is 40.1. The molecule has 4 aromatic carbocycles. The van der Waals surface area contributed by atoms with Crippen molar-refractivity contribution in [3.8, 4) is 0 Å². The Labute approximate surface area is 398 Å². The number of hydrogen-bond donors (Lipinski definition) is 1. The zero-order valence-corrected chi connectivity index (χ0v) is 40.1. The van der Waals surface area contributed by atoms with E-state index in [0.29, 0.717) is 93.5 Å². The molecule has 15 nitrogen and oxygen atoms in total. The highest BCUT2D eigenvalue weighted by atomic mass is 16.7. The van der Waals surface area contributed by atoms with Crippen LogP contribution in [0, 0.1) is 11.8 Å². The quantitative estimate of drug-likeness (QED) is 0.0827. The monoisotopic (exact) mass is 929 g/mol. The predicted molar refractivity (Wildman–Crippen MR) is 257 cm³/mol. The number of esters is 1. The number of hydrogen-bond acceptors (Lipinski definition) is 11. The molecule has 0 aromatic heterocycles. The average Bonchev–Trinajstić information content (AvgIpc) is 3.37. The number of rotatable bonds is 13. The van der Waals surface area contributed by atoms with Crippen LogP contribution in [0.25, 0.3) is 0 Å². The molecule has 68 heavy (non-hydrogen) atoms. The summed E-state index contributed by atoms with van der Waals surface area (Å²) in [5.41, 5.74) is 5.08. The van der Waals surface area contributed by atoms with E-state index in [-0.39, 0.29) is 52.4 Å². The minimum atomic E-state index is -0.705. The van der Waals surface area contributed by atoms with Crippen LogP contribution in [0.1, 0.15) is 128 Å². The fourth-order valence-electron chi connectivity index (χ4n) is 8.69. The van der Waals surface area contributed by atoms with E-state index in [1.165, 1.54) is 7.11 Å². The van der Waals surface area contributed by atoms with Crippen LogP contribution in [-0.2, 0) is 23.8 Å². The highest BCUT2D eigenvalue weighted by Gasteiger charge is 2.40. The Morgan fingerprint density at radius 3 is 1.53 bits per heavy atom. The molecule has 0 spiro atoms. The molecule has 3 aliphatic heterocycles. The Morgan fingerprint density at radius 1 is 0.632 bits per heavy atom. The number of nitrogens with zero attached hydrogens (tertiary/aromatic N) is 4. The van der Waals surface area contributed by atoms with Crippen LogP contribution >= 0.6 is 0 Å². The summed E-state index contributed by atoms with van der Waals surface area (Å²) in [5, 5.41) is 3.52. The first-order valence-electron chi connectivity index (χ1n) is 23.4. The first kappa shape index (κ1) is 50.7. The largest absolute Gasteiger partial charge is 0.465 e. The third kappa shape index (κ3) is 11.7. The number of methoxy groups -OCH3 is 1. The minimum absolute atomic E-state index is 0.0110. The van der Waals surface area contributed by atoms with Crippen LogP contribution < -0.4 is 5.32 Å². The van der Waals surface area contributed by atoms with Gasteiger partial charge in [0.05, 0.1) is 30.2 Å². The predicted octanol–water partition coefficient (Wildman–Crippen LogP) is 7.06. The van der Waals surface area contributed by atoms with Crippen molar-refractivity contribution in [2.45, 2.75) is 59.8 Å². The van der Waals surface area contributed by atoms with Gasteiger partial charge < -0.3 is 39.1 Å². The topological polar surface area (TPSA) is 172 Å². The first-order chi connectivity index (χ1) is 32.7. The Balaban J connectivity index is 0.000000302. The van der Waals surface area contributed by atoms with Gasteiger partial charge in [0.1, 0.15) is 6.29 Å². The summed E-state index contributed by atoms with van der Waals surface area (Å²) in [7, 11) is 1.29. The molecule has 360 valence electrons. The standard InChI is InChI=1S/C37H43N3O7.C16H20N2O3/c1-6-46-37(47-7-2)27-17-13-25(14-18-27)32-30(33(41)31-28(36(44)45-5)9-8-10-29(31)38-32)24-11-15-26(16-12-24)35(43)40-21-19-39(20-22-40)34(42)23(3)4;1-12(2)15(20)17-7-9-18(10-8-17)16(21)14-5-3-13(11-19)4-6-14/h8-18,23,30,32,37-38H,6-7,19-22H2,1-5H3;3-6,11-12H,7-10H2,1-2H3. The highest BCUT2D eigenvalue weighted by molar-refractivity contribution is 6.14. The Kier molecular flexibility index (Phi) is 17.4. The number of anilines is 1. The summed E-state index contributed by atoms with van der Waals surface area (Å²) in [6, 6.07) is 26.1. The van der Waals surface area contributed by atoms with Crippen molar-refractivity contribution in [2.75, 3.05) is 78.0 Å². The summed E-state index contributed by atoms with van der Waals surface area (Å²) < 4.78 is 16.5. The SMILES string of the molecule is CC(C)C(=O)N1CCN(C(=O)c2ccc(C=O)cc2)CC1.CCOC(OCC)c1ccc(C2Nc3cccc(C(=O)OC)c3C(=O)C2c2ccc(C(=O)N3CCN(C(=O)C(C)C)CC3)cc2)cc1. The van der Waals surface area contributed by atoms with Crippen molar-refractivity contribution >= 4 is 47.4 Å². The summed E-state index contributed by atoms with van der Waals surface area (Å²) in [4.78, 5) is 94.9. The van der Waals surface area contributed by atoms with Crippen molar-refractivity contribution in [1.29, 1.82) is 0 Å². The number of ketones is 1. The number of aldehydes is 1. The lowest BCUT2D eigenvalue weighted by Crippen LogP contribution is -2.51. The van der Waals surface area contributed by atoms with E-state index in [4.69, 9.17) is 14.2 Å². The third-order valence-corrected chi connectivity index (χ3v) is 12.4. The summed E-state index contributed by atoms with van der Waals surface area (Å²) >= 11 is 0. The summed E-state index contributed by atoms with van der Waals surface area (Å²) in [5.74, 6) is -1.55. The van der Waals surface area contributed by atoms with Gasteiger partial charge in [-0.25, -0.2) is 4.79 Å². The van der Waals surface area contributed by atoms with Crippen LogP contribution in [0.2, 0.25) is 0 Å². The maximum atomic E-state index is 14.4. The fourth-order valence-corrected chi connectivity index (χ4v) is 8.69. The number of amides is 4. The molecule has 0 saturated carbocycles. The number of piperazine rings is 2. The van der Waals surface area contributed by atoms with Crippen molar-refractivity contribution in [3.05, 3.63) is 136 Å². The Morgan fingerprint density at radius 2 is 1.09 bits per heavy atom. The van der Waals surface area contributed by atoms with E-state index in [2.05, 4.69) is 5.32 Å². The molecule has 4 aromatic rings. The molecule has 4 amide bonds. The van der Waals surface area contributed by atoms with Gasteiger partial charge >= 0.3 is 5.97 Å². The molecule has 0 radical (unpaired) electrons. The van der Waals surface area contributed by atoms with E-state index < -0.39 is 24.2 Å². The van der Waals surface area contributed by atoms with E-state index in [9.17, 15) is 33.6 Å². The Bertz CT molecular complexity index is 2410. The van der Waals surface area contributed by atoms with E-state index in [1.807, 2.05) is 82.8 Å². The molecule has 2 saturated heterocycles. The van der Waals surface area contributed by atoms with Gasteiger partial charge in [-0.2, -0.15) is 0 Å². The third-order valence-electron chi connectivity index (χ3n) is 12.4. The molecule has 3 heterocycles. The first-order valence-corrected chi connectivity index (χ1v) is 23.4. The highest BCUT2D eigenvalue weighted by Crippen LogP contribution is 2.44. The molecular weight excluding hydrogens is 867 g/mol. The molecule has 2 unspecified atom stereocenters. The molecule has 3 aliphatic rings. The van der Waals surface area contributed by atoms with Crippen molar-refractivity contribution < 1.29 is 47.8 Å². The van der Waals surface area contributed by atoms with Gasteiger partial charge in [-0.3, -0.25) is 28.8 Å². The minimum Gasteiger partial charge on any atom is -0.465 e. The smallest absolute Gasteiger partial charge is 0.338 e. The van der Waals surface area contributed by atoms with Crippen LogP contribution in [0.3, 0.4) is 0 Å². The normalized spacial score (nSPS) is 17.0. The maximum absolute atomic E-state index is 14.4. The number of ether oxygens (including phenoxy) is 3. The second kappa shape index (κ2) is 23.3. The van der Waals surface area contributed by atoms with E-state index in [0.717, 1.165) is 17.4 Å².